The van der Waals surface area contributed by atoms with E-state index in [0.717, 1.165) is 10.6 Å². The Morgan fingerprint density at radius 2 is 1.93 bits per heavy atom. The quantitative estimate of drug-likeness (QED) is 0.685. The van der Waals surface area contributed by atoms with Crippen molar-refractivity contribution >= 4 is 45.0 Å². The van der Waals surface area contributed by atoms with Gasteiger partial charge in [0.15, 0.2) is 0 Å². The van der Waals surface area contributed by atoms with Crippen LogP contribution in [0.15, 0.2) is 53.4 Å². The number of sulfonamides is 1. The third-order valence-corrected chi connectivity index (χ3v) is 7.77. The van der Waals surface area contributed by atoms with E-state index in [2.05, 4.69) is 5.32 Å². The molecule has 3 rings (SSSR count). The normalized spacial score (nSPS) is 18.0. The van der Waals surface area contributed by atoms with Crippen LogP contribution in [0.4, 0.5) is 5.69 Å². The zero-order valence-electron chi connectivity index (χ0n) is 15.6. The first kappa shape index (κ1) is 21.2. The molecule has 1 amide bonds. The first-order chi connectivity index (χ1) is 13.4. The fraction of sp³-hybridized carbons (Fsp3) is 0.350. The van der Waals surface area contributed by atoms with E-state index in [4.69, 9.17) is 11.6 Å². The number of halogens is 1. The molecule has 0 aromatic heterocycles. The van der Waals surface area contributed by atoms with Gasteiger partial charge in [-0.2, -0.15) is 0 Å². The van der Waals surface area contributed by atoms with Crippen molar-refractivity contribution in [2.45, 2.75) is 23.5 Å². The van der Waals surface area contributed by atoms with Crippen LogP contribution in [0, 0.1) is 5.92 Å². The second-order valence-electron chi connectivity index (χ2n) is 6.73. The van der Waals surface area contributed by atoms with Gasteiger partial charge in [0.25, 0.3) is 0 Å². The number of nitrogens with zero attached hydrogens (tertiary/aromatic N) is 1. The molecule has 0 unspecified atom stereocenters. The number of nitrogens with one attached hydrogen (secondary N) is 1. The minimum absolute atomic E-state index is 0.140. The molecule has 0 radical (unpaired) electrons. The van der Waals surface area contributed by atoms with Crippen molar-refractivity contribution in [3.63, 3.8) is 0 Å². The van der Waals surface area contributed by atoms with Crippen LogP contribution in [0.2, 0.25) is 5.02 Å². The number of carbonyl (C=O) groups excluding carboxylic acids is 1. The molecule has 8 heteroatoms. The van der Waals surface area contributed by atoms with Crippen LogP contribution in [-0.4, -0.2) is 38.0 Å². The Morgan fingerprint density at radius 3 is 2.68 bits per heavy atom. The summed E-state index contributed by atoms with van der Waals surface area (Å²) in [5.41, 5.74) is 1.33. The van der Waals surface area contributed by atoms with Crippen LogP contribution in [0.5, 0.6) is 0 Å². The van der Waals surface area contributed by atoms with Gasteiger partial charge in [-0.3, -0.25) is 4.79 Å². The second-order valence-corrected chi connectivity index (χ2v) is 9.96. The molecule has 1 aliphatic heterocycles. The SMILES string of the molecule is CSc1ccccc1NC(=O)[C@@H]1CCCN(S(=O)(=O)Cc2ccccc2Cl)C1. The summed E-state index contributed by atoms with van der Waals surface area (Å²) in [5.74, 6) is -0.667. The highest BCUT2D eigenvalue weighted by Gasteiger charge is 2.32. The molecular formula is C20H23ClN2O3S2. The smallest absolute Gasteiger partial charge is 0.228 e. The summed E-state index contributed by atoms with van der Waals surface area (Å²) in [7, 11) is -3.55. The number of hydrogen-bond acceptors (Lipinski definition) is 4. The Kier molecular flexibility index (Phi) is 7.04. The van der Waals surface area contributed by atoms with Crippen LogP contribution in [0.1, 0.15) is 18.4 Å². The Hall–Kier alpha value is -1.54. The lowest BCUT2D eigenvalue weighted by Gasteiger charge is -2.31. The minimum atomic E-state index is -3.55. The summed E-state index contributed by atoms with van der Waals surface area (Å²) in [4.78, 5) is 13.7. The van der Waals surface area contributed by atoms with E-state index in [0.29, 0.717) is 30.0 Å². The van der Waals surface area contributed by atoms with Crippen molar-refractivity contribution in [2.75, 3.05) is 24.7 Å². The average molecular weight is 439 g/mol. The van der Waals surface area contributed by atoms with Crippen molar-refractivity contribution in [1.29, 1.82) is 0 Å². The largest absolute Gasteiger partial charge is 0.325 e. The number of para-hydroxylation sites is 1. The fourth-order valence-corrected chi connectivity index (χ4v) is 5.77. The van der Waals surface area contributed by atoms with E-state index in [1.807, 2.05) is 30.5 Å². The Morgan fingerprint density at radius 1 is 1.21 bits per heavy atom. The van der Waals surface area contributed by atoms with Crippen LogP contribution in [-0.2, 0) is 20.6 Å². The Labute approximate surface area is 175 Å². The number of anilines is 1. The molecule has 2 aromatic carbocycles. The Bertz CT molecular complexity index is 950. The topological polar surface area (TPSA) is 66.5 Å². The summed E-state index contributed by atoms with van der Waals surface area (Å²) in [6.07, 6.45) is 3.28. The van der Waals surface area contributed by atoms with E-state index in [9.17, 15) is 13.2 Å². The molecule has 0 aliphatic carbocycles. The summed E-state index contributed by atoms with van der Waals surface area (Å²) < 4.78 is 27.2. The number of hydrogen-bond donors (Lipinski definition) is 1. The highest BCUT2D eigenvalue weighted by molar-refractivity contribution is 7.98. The van der Waals surface area contributed by atoms with Gasteiger partial charge in [0.2, 0.25) is 15.9 Å². The zero-order chi connectivity index (χ0) is 20.1. The van der Waals surface area contributed by atoms with E-state index in [1.54, 1.807) is 36.0 Å². The van der Waals surface area contributed by atoms with Gasteiger partial charge in [-0.05, 0) is 42.9 Å². The summed E-state index contributed by atoms with van der Waals surface area (Å²) in [5, 5.41) is 3.40. The number of rotatable bonds is 6. The standard InChI is InChI=1S/C20H23ClN2O3S2/c1-27-19-11-5-4-10-18(19)22-20(24)15-8-6-12-23(13-15)28(25,26)14-16-7-2-3-9-17(16)21/h2-5,7,9-11,15H,6,8,12-14H2,1H3,(H,22,24)/t15-/m1/s1. The van der Waals surface area contributed by atoms with Crippen LogP contribution < -0.4 is 5.32 Å². The summed E-state index contributed by atoms with van der Waals surface area (Å²) in [6, 6.07) is 14.5. The lowest BCUT2D eigenvalue weighted by atomic mass is 9.99. The van der Waals surface area contributed by atoms with Gasteiger partial charge in [-0.1, -0.05) is 41.9 Å². The molecule has 1 heterocycles. The van der Waals surface area contributed by atoms with Crippen LogP contribution in [0.3, 0.4) is 0 Å². The minimum Gasteiger partial charge on any atom is -0.325 e. The van der Waals surface area contributed by atoms with Crippen molar-refractivity contribution in [1.82, 2.24) is 4.31 Å². The zero-order valence-corrected chi connectivity index (χ0v) is 18.0. The molecule has 1 atom stereocenters. The van der Waals surface area contributed by atoms with Gasteiger partial charge < -0.3 is 5.32 Å². The summed E-state index contributed by atoms with van der Waals surface area (Å²) >= 11 is 7.68. The van der Waals surface area contributed by atoms with Crippen molar-refractivity contribution in [3.8, 4) is 0 Å². The van der Waals surface area contributed by atoms with Crippen molar-refractivity contribution in [2.24, 2.45) is 5.92 Å². The fourth-order valence-electron chi connectivity index (χ4n) is 3.30. The molecule has 5 nitrogen and oxygen atoms in total. The van der Waals surface area contributed by atoms with E-state index >= 15 is 0 Å². The van der Waals surface area contributed by atoms with Crippen LogP contribution >= 0.6 is 23.4 Å². The molecular weight excluding hydrogens is 416 g/mol. The monoisotopic (exact) mass is 438 g/mol. The third kappa shape index (κ3) is 5.08. The maximum atomic E-state index is 12.9. The molecule has 0 spiro atoms. The number of carbonyl (C=O) groups is 1. The van der Waals surface area contributed by atoms with Crippen LogP contribution in [0.25, 0.3) is 0 Å². The molecule has 1 fully saturated rings. The van der Waals surface area contributed by atoms with E-state index < -0.39 is 10.0 Å². The van der Waals surface area contributed by atoms with Gasteiger partial charge in [0.1, 0.15) is 0 Å². The third-order valence-electron chi connectivity index (χ3n) is 4.81. The molecule has 150 valence electrons. The first-order valence-corrected chi connectivity index (χ1v) is 12.3. The van der Waals surface area contributed by atoms with Gasteiger partial charge in [-0.15, -0.1) is 11.8 Å². The second kappa shape index (κ2) is 9.31. The number of thioether (sulfide) groups is 1. The molecule has 28 heavy (non-hydrogen) atoms. The lowest BCUT2D eigenvalue weighted by molar-refractivity contribution is -0.120. The predicted octanol–water partition coefficient (Wildman–Crippen LogP) is 4.24. The van der Waals surface area contributed by atoms with Gasteiger partial charge >= 0.3 is 0 Å². The van der Waals surface area contributed by atoms with E-state index in [1.165, 1.54) is 4.31 Å². The number of benzene rings is 2. The summed E-state index contributed by atoms with van der Waals surface area (Å²) in [6.45, 7) is 0.623. The molecule has 1 aliphatic rings. The average Bonchev–Trinajstić information content (AvgIpc) is 2.70. The lowest BCUT2D eigenvalue weighted by Crippen LogP contribution is -2.44. The maximum absolute atomic E-state index is 12.9. The van der Waals surface area contributed by atoms with Crippen molar-refractivity contribution < 1.29 is 13.2 Å². The highest BCUT2D eigenvalue weighted by Crippen LogP contribution is 2.28. The number of amides is 1. The molecule has 1 N–H and O–H groups in total. The van der Waals surface area contributed by atoms with Gasteiger partial charge in [-0.25, -0.2) is 12.7 Å². The maximum Gasteiger partial charge on any atom is 0.228 e. The number of piperidine rings is 1. The van der Waals surface area contributed by atoms with Gasteiger partial charge in [0.05, 0.1) is 17.4 Å². The predicted molar refractivity (Wildman–Crippen MR) is 115 cm³/mol. The Balaban J connectivity index is 1.69. The molecule has 0 bridgehead atoms. The van der Waals surface area contributed by atoms with E-state index in [-0.39, 0.29) is 24.1 Å². The molecule has 2 aromatic rings. The van der Waals surface area contributed by atoms with Crippen molar-refractivity contribution in [3.05, 3.63) is 59.1 Å². The highest BCUT2D eigenvalue weighted by atomic mass is 35.5. The molecule has 0 saturated carbocycles. The van der Waals surface area contributed by atoms with Gasteiger partial charge in [0, 0.05) is 23.0 Å². The first-order valence-electron chi connectivity index (χ1n) is 9.06. The molecule has 1 saturated heterocycles.